The van der Waals surface area contributed by atoms with Gasteiger partial charge in [0.05, 0.1) is 6.04 Å². The Morgan fingerprint density at radius 3 is 2.08 bits per heavy atom. The van der Waals surface area contributed by atoms with Gasteiger partial charge in [0.2, 0.25) is 17.6 Å². The highest BCUT2D eigenvalue weighted by Gasteiger charge is 2.70. The van der Waals surface area contributed by atoms with E-state index in [1.54, 1.807) is 25.7 Å². The first-order chi connectivity index (χ1) is 16.9. The summed E-state index contributed by atoms with van der Waals surface area (Å²) >= 11 is 0. The number of rotatable bonds is 8. The molecule has 37 heavy (non-hydrogen) atoms. The number of piperidine rings is 1. The average Bonchev–Trinajstić information content (AvgIpc) is 3.60. The molecule has 4 amide bonds. The minimum Gasteiger partial charge on any atom is -0.444 e. The van der Waals surface area contributed by atoms with E-state index in [0.717, 1.165) is 12.8 Å². The first-order valence-electron chi connectivity index (χ1n) is 13.2. The topological polar surface area (TPSA) is 134 Å². The summed E-state index contributed by atoms with van der Waals surface area (Å²) in [6.07, 6.45) is 1.62. The van der Waals surface area contributed by atoms with Gasteiger partial charge in [0, 0.05) is 13.6 Å². The number of alkyl carbamates (subject to hydrolysis) is 1. The Balaban J connectivity index is 1.83. The van der Waals surface area contributed by atoms with Crippen LogP contribution >= 0.6 is 0 Å². The zero-order valence-corrected chi connectivity index (χ0v) is 23.7. The van der Waals surface area contributed by atoms with E-state index < -0.39 is 52.8 Å². The van der Waals surface area contributed by atoms with Gasteiger partial charge in [-0.15, -0.1) is 0 Å². The molecule has 0 aromatic rings. The summed E-state index contributed by atoms with van der Waals surface area (Å²) < 4.78 is 5.39. The summed E-state index contributed by atoms with van der Waals surface area (Å²) in [5.41, 5.74) is -1.52. The highest BCUT2D eigenvalue weighted by molar-refractivity contribution is 6.38. The van der Waals surface area contributed by atoms with Crippen LogP contribution in [0.4, 0.5) is 4.79 Å². The van der Waals surface area contributed by atoms with E-state index in [2.05, 4.69) is 29.8 Å². The lowest BCUT2D eigenvalue weighted by atomic mass is 9.85. The number of Topliss-reactive ketones (excluding diaryl/α,β-unsaturated/α-hetero) is 1. The van der Waals surface area contributed by atoms with Crippen molar-refractivity contribution in [3.05, 3.63) is 0 Å². The number of carbonyl (C=O) groups excluding carboxylic acids is 5. The summed E-state index contributed by atoms with van der Waals surface area (Å²) in [7, 11) is 1.38. The summed E-state index contributed by atoms with van der Waals surface area (Å²) in [6, 6.07) is -2.65. The maximum absolute atomic E-state index is 13.9. The van der Waals surface area contributed by atoms with E-state index in [9.17, 15) is 24.0 Å². The molecule has 5 atom stereocenters. The van der Waals surface area contributed by atoms with Crippen LogP contribution in [0.5, 0.6) is 0 Å². The maximum atomic E-state index is 13.9. The molecular formula is C27H44N4O6. The van der Waals surface area contributed by atoms with Gasteiger partial charge in [-0.1, -0.05) is 47.5 Å². The summed E-state index contributed by atoms with van der Waals surface area (Å²) in [5.74, 6) is -1.86. The Morgan fingerprint density at radius 2 is 1.59 bits per heavy atom. The monoisotopic (exact) mass is 520 g/mol. The number of nitrogens with zero attached hydrogens (tertiary/aromatic N) is 1. The van der Waals surface area contributed by atoms with Gasteiger partial charge in [0.25, 0.3) is 5.91 Å². The lowest BCUT2D eigenvalue weighted by Crippen LogP contribution is -2.60. The molecule has 1 heterocycles. The number of amides is 4. The number of hydrogen-bond donors (Lipinski definition) is 3. The van der Waals surface area contributed by atoms with Crippen LogP contribution in [-0.4, -0.2) is 71.8 Å². The van der Waals surface area contributed by atoms with Crippen LogP contribution in [0.15, 0.2) is 0 Å². The molecule has 10 heteroatoms. The molecule has 0 radical (unpaired) electrons. The van der Waals surface area contributed by atoms with Crippen molar-refractivity contribution < 1.29 is 28.7 Å². The molecule has 0 aromatic heterocycles. The van der Waals surface area contributed by atoms with Crippen molar-refractivity contribution >= 4 is 29.6 Å². The van der Waals surface area contributed by atoms with Crippen molar-refractivity contribution in [1.29, 1.82) is 0 Å². The Morgan fingerprint density at radius 1 is 1.00 bits per heavy atom. The maximum Gasteiger partial charge on any atom is 0.408 e. The normalized spacial score (nSPS) is 25.9. The molecule has 3 N–H and O–H groups in total. The van der Waals surface area contributed by atoms with Crippen LogP contribution in [-0.2, 0) is 23.9 Å². The van der Waals surface area contributed by atoms with Gasteiger partial charge in [-0.3, -0.25) is 19.2 Å². The molecule has 0 bridgehead atoms. The molecule has 3 rings (SSSR count). The molecule has 3 fully saturated rings. The largest absolute Gasteiger partial charge is 0.444 e. The lowest BCUT2D eigenvalue weighted by molar-refractivity contribution is -0.145. The second kappa shape index (κ2) is 9.91. The fraction of sp³-hybridized carbons (Fsp3) is 0.815. The van der Waals surface area contributed by atoms with Gasteiger partial charge in [-0.2, -0.15) is 0 Å². The van der Waals surface area contributed by atoms with E-state index in [1.807, 2.05) is 20.8 Å². The standard InChI is InChI=1S/C27H44N4O6/c1-25(2,3)20(30-24(36)37-26(4,5)6)23(35)31-13-15-17(27(15,7)8)18(31)21(33)29-16(12-14-10-11-14)19(32)22(34)28-9/h14-18,20H,10-13H2,1-9H3,(H,28,34)(H,29,33)(H,30,36)/t15?,16?,17-,18-,20+/m0/s1. The third-order valence-electron chi connectivity index (χ3n) is 7.88. The summed E-state index contributed by atoms with van der Waals surface area (Å²) in [5, 5.41) is 7.89. The van der Waals surface area contributed by atoms with E-state index in [4.69, 9.17) is 4.74 Å². The number of likely N-dealkylation sites (N-methyl/N-ethyl adjacent to an activating group) is 1. The number of likely N-dealkylation sites (tertiary alicyclic amines) is 1. The van der Waals surface area contributed by atoms with E-state index in [-0.39, 0.29) is 23.2 Å². The van der Waals surface area contributed by atoms with E-state index in [0.29, 0.717) is 18.9 Å². The number of ether oxygens (including phenoxy) is 1. The van der Waals surface area contributed by atoms with E-state index >= 15 is 0 Å². The first-order valence-corrected chi connectivity index (χ1v) is 13.2. The molecule has 0 spiro atoms. The Labute approximate surface area is 220 Å². The van der Waals surface area contributed by atoms with Gasteiger partial charge >= 0.3 is 6.09 Å². The Kier molecular flexibility index (Phi) is 7.74. The zero-order chi connectivity index (χ0) is 28.1. The second-order valence-electron chi connectivity index (χ2n) is 13.5. The van der Waals surface area contributed by atoms with Crippen molar-refractivity contribution in [2.75, 3.05) is 13.6 Å². The molecule has 2 aliphatic carbocycles. The summed E-state index contributed by atoms with van der Waals surface area (Å²) in [4.78, 5) is 66.5. The Bertz CT molecular complexity index is 959. The van der Waals surface area contributed by atoms with Crippen LogP contribution in [0.25, 0.3) is 0 Å². The third kappa shape index (κ3) is 6.44. The smallest absolute Gasteiger partial charge is 0.408 e. The predicted molar refractivity (Wildman–Crippen MR) is 137 cm³/mol. The average molecular weight is 521 g/mol. The van der Waals surface area contributed by atoms with Gasteiger partial charge in [-0.25, -0.2) is 4.79 Å². The highest BCUT2D eigenvalue weighted by atomic mass is 16.6. The molecule has 3 aliphatic rings. The van der Waals surface area contributed by atoms with Crippen molar-refractivity contribution in [1.82, 2.24) is 20.9 Å². The molecule has 208 valence electrons. The van der Waals surface area contributed by atoms with Crippen molar-refractivity contribution in [3.8, 4) is 0 Å². The molecule has 10 nitrogen and oxygen atoms in total. The molecule has 1 aliphatic heterocycles. The van der Waals surface area contributed by atoms with Gasteiger partial charge in [0.1, 0.15) is 17.7 Å². The van der Waals surface area contributed by atoms with Crippen LogP contribution in [0, 0.1) is 28.6 Å². The van der Waals surface area contributed by atoms with Crippen molar-refractivity contribution in [2.24, 2.45) is 28.6 Å². The van der Waals surface area contributed by atoms with Crippen LogP contribution in [0.2, 0.25) is 0 Å². The molecule has 0 aromatic carbocycles. The minimum atomic E-state index is -0.934. The second-order valence-corrected chi connectivity index (χ2v) is 13.5. The van der Waals surface area contributed by atoms with Gasteiger partial charge in [0.15, 0.2) is 0 Å². The van der Waals surface area contributed by atoms with Gasteiger partial charge < -0.3 is 25.6 Å². The van der Waals surface area contributed by atoms with Crippen LogP contribution in [0.3, 0.4) is 0 Å². The summed E-state index contributed by atoms with van der Waals surface area (Å²) in [6.45, 7) is 15.3. The minimum absolute atomic E-state index is 0.0738. The SMILES string of the molecule is CNC(=O)C(=O)C(CC1CC1)NC(=O)[C@@H]1[C@@H]2C(CN1C(=O)[C@@H](NC(=O)OC(C)(C)C)C(C)(C)C)C2(C)C. The van der Waals surface area contributed by atoms with Crippen molar-refractivity contribution in [2.45, 2.75) is 98.4 Å². The number of hydrogen-bond acceptors (Lipinski definition) is 6. The van der Waals surface area contributed by atoms with Crippen molar-refractivity contribution in [3.63, 3.8) is 0 Å². The fourth-order valence-electron chi connectivity index (χ4n) is 5.51. The first kappa shape index (κ1) is 28.9. The Hall–Kier alpha value is -2.65. The fourth-order valence-corrected chi connectivity index (χ4v) is 5.51. The third-order valence-corrected chi connectivity index (χ3v) is 7.88. The molecule has 2 unspecified atom stereocenters. The number of fused-ring (bicyclic) bond motifs is 1. The van der Waals surface area contributed by atoms with Crippen LogP contribution < -0.4 is 16.0 Å². The van der Waals surface area contributed by atoms with E-state index in [1.165, 1.54) is 7.05 Å². The van der Waals surface area contributed by atoms with Crippen LogP contribution in [0.1, 0.15) is 74.7 Å². The van der Waals surface area contributed by atoms with Gasteiger partial charge in [-0.05, 0) is 55.8 Å². The quantitative estimate of drug-likeness (QED) is 0.419. The molecule has 1 saturated heterocycles. The predicted octanol–water partition coefficient (Wildman–Crippen LogP) is 2.01. The lowest BCUT2D eigenvalue weighted by Gasteiger charge is -2.38. The molecule has 2 saturated carbocycles. The number of ketones is 1. The zero-order valence-electron chi connectivity index (χ0n) is 23.7. The molecular weight excluding hydrogens is 476 g/mol. The number of nitrogens with one attached hydrogen (secondary N) is 3. The highest BCUT2D eigenvalue weighted by Crippen LogP contribution is 2.65. The number of carbonyl (C=O) groups is 5.